The van der Waals surface area contributed by atoms with Gasteiger partial charge in [-0.15, -0.1) is 0 Å². The largest absolute Gasteiger partial charge is 0.454 e. The summed E-state index contributed by atoms with van der Waals surface area (Å²) < 4.78 is 10.4. The van der Waals surface area contributed by atoms with Crippen molar-refractivity contribution in [3.8, 4) is 11.5 Å². The fourth-order valence-electron chi connectivity index (χ4n) is 2.21. The molecule has 0 unspecified atom stereocenters. The Morgan fingerprint density at radius 2 is 1.96 bits per heavy atom. The highest BCUT2D eigenvalue weighted by molar-refractivity contribution is 6.05. The number of nitro benzene ring substituents is 1. The van der Waals surface area contributed by atoms with Crippen molar-refractivity contribution in [2.45, 2.75) is 0 Å². The van der Waals surface area contributed by atoms with Gasteiger partial charge in [0.2, 0.25) is 6.79 Å². The zero-order valence-corrected chi connectivity index (χ0v) is 12.2. The minimum Gasteiger partial charge on any atom is -0.454 e. The first-order chi connectivity index (χ1) is 11.1. The highest BCUT2D eigenvalue weighted by atomic mass is 16.7. The molecule has 2 N–H and O–H groups in total. The molecular formula is C15H13N3O5. The number of nitrogens with one attached hydrogen (secondary N) is 2. The van der Waals surface area contributed by atoms with Gasteiger partial charge >= 0.3 is 0 Å². The first-order valence-corrected chi connectivity index (χ1v) is 6.75. The summed E-state index contributed by atoms with van der Waals surface area (Å²) in [5.41, 5.74) is 0.883. The van der Waals surface area contributed by atoms with Crippen molar-refractivity contribution in [3.05, 3.63) is 52.1 Å². The molecule has 1 heterocycles. The van der Waals surface area contributed by atoms with E-state index in [0.717, 1.165) is 0 Å². The van der Waals surface area contributed by atoms with E-state index in [1.165, 1.54) is 18.2 Å². The molecule has 0 saturated heterocycles. The monoisotopic (exact) mass is 315 g/mol. The molecular weight excluding hydrogens is 302 g/mol. The van der Waals surface area contributed by atoms with E-state index >= 15 is 0 Å². The molecule has 8 nitrogen and oxygen atoms in total. The number of benzene rings is 2. The van der Waals surface area contributed by atoms with Crippen LogP contribution in [-0.4, -0.2) is 24.7 Å². The lowest BCUT2D eigenvalue weighted by Gasteiger charge is -2.08. The third kappa shape index (κ3) is 2.86. The van der Waals surface area contributed by atoms with Gasteiger partial charge in [-0.2, -0.15) is 0 Å². The maximum absolute atomic E-state index is 12.3. The molecule has 0 aliphatic carbocycles. The fraction of sp³-hybridized carbons (Fsp3) is 0.133. The van der Waals surface area contributed by atoms with E-state index in [9.17, 15) is 14.9 Å². The van der Waals surface area contributed by atoms with Crippen LogP contribution in [0.4, 0.5) is 17.1 Å². The van der Waals surface area contributed by atoms with Gasteiger partial charge < -0.3 is 20.1 Å². The summed E-state index contributed by atoms with van der Waals surface area (Å²) in [5.74, 6) is 0.700. The first-order valence-electron chi connectivity index (χ1n) is 6.75. The average Bonchev–Trinajstić information content (AvgIpc) is 3.01. The minimum atomic E-state index is -0.539. The quantitative estimate of drug-likeness (QED) is 0.664. The Kier molecular flexibility index (Phi) is 3.71. The van der Waals surface area contributed by atoms with Gasteiger partial charge in [0, 0.05) is 30.4 Å². The Morgan fingerprint density at radius 1 is 1.17 bits per heavy atom. The van der Waals surface area contributed by atoms with Crippen LogP contribution in [0.5, 0.6) is 11.5 Å². The molecule has 1 aliphatic heterocycles. The van der Waals surface area contributed by atoms with Crippen LogP contribution in [0, 0.1) is 10.1 Å². The van der Waals surface area contributed by atoms with Gasteiger partial charge in [0.15, 0.2) is 11.5 Å². The smallest absolute Gasteiger partial charge is 0.293 e. The summed E-state index contributed by atoms with van der Waals surface area (Å²) in [6.07, 6.45) is 0. The Bertz CT molecular complexity index is 791. The highest BCUT2D eigenvalue weighted by Crippen LogP contribution is 2.34. The van der Waals surface area contributed by atoms with Crippen LogP contribution in [-0.2, 0) is 0 Å². The number of anilines is 2. The number of ether oxygens (including phenoxy) is 2. The van der Waals surface area contributed by atoms with Crippen LogP contribution in [0.1, 0.15) is 10.4 Å². The van der Waals surface area contributed by atoms with Gasteiger partial charge in [-0.05, 0) is 24.3 Å². The summed E-state index contributed by atoms with van der Waals surface area (Å²) in [7, 11) is 1.58. The van der Waals surface area contributed by atoms with Gasteiger partial charge in [-0.1, -0.05) is 0 Å². The van der Waals surface area contributed by atoms with Crippen LogP contribution < -0.4 is 20.1 Å². The number of rotatable bonds is 4. The molecule has 3 rings (SSSR count). The van der Waals surface area contributed by atoms with Crippen molar-refractivity contribution >= 4 is 23.0 Å². The Morgan fingerprint density at radius 3 is 2.70 bits per heavy atom. The molecule has 0 bridgehead atoms. The van der Waals surface area contributed by atoms with Crippen LogP contribution in [0.2, 0.25) is 0 Å². The van der Waals surface area contributed by atoms with Crippen molar-refractivity contribution in [2.24, 2.45) is 0 Å². The first kappa shape index (κ1) is 14.6. The predicted molar refractivity (Wildman–Crippen MR) is 83.2 cm³/mol. The van der Waals surface area contributed by atoms with Gasteiger partial charge in [-0.3, -0.25) is 14.9 Å². The lowest BCUT2D eigenvalue weighted by molar-refractivity contribution is -0.384. The third-order valence-electron chi connectivity index (χ3n) is 3.36. The number of fused-ring (bicyclic) bond motifs is 1. The maximum atomic E-state index is 12.3. The van der Waals surface area contributed by atoms with E-state index in [-0.39, 0.29) is 18.0 Å². The molecule has 0 aromatic heterocycles. The molecule has 23 heavy (non-hydrogen) atoms. The van der Waals surface area contributed by atoms with Gasteiger partial charge in [0.1, 0.15) is 5.69 Å². The van der Waals surface area contributed by atoms with E-state index in [4.69, 9.17) is 9.47 Å². The molecule has 2 aromatic rings. The molecule has 118 valence electrons. The van der Waals surface area contributed by atoms with E-state index in [0.29, 0.717) is 22.9 Å². The molecule has 2 aromatic carbocycles. The van der Waals surface area contributed by atoms with E-state index in [2.05, 4.69) is 10.6 Å². The van der Waals surface area contributed by atoms with Gasteiger partial charge in [-0.25, -0.2) is 0 Å². The molecule has 8 heteroatoms. The second kappa shape index (κ2) is 5.84. The number of carbonyl (C=O) groups excluding carboxylic acids is 1. The average molecular weight is 315 g/mol. The number of nitrogens with zero attached hydrogens (tertiary/aromatic N) is 1. The molecule has 1 amide bonds. The highest BCUT2D eigenvalue weighted by Gasteiger charge is 2.18. The lowest BCUT2D eigenvalue weighted by Crippen LogP contribution is -2.12. The molecule has 1 aliphatic rings. The van der Waals surface area contributed by atoms with Crippen LogP contribution in [0.25, 0.3) is 0 Å². The molecule has 0 radical (unpaired) electrons. The van der Waals surface area contributed by atoms with Crippen molar-refractivity contribution in [3.63, 3.8) is 0 Å². The summed E-state index contributed by atoms with van der Waals surface area (Å²) in [4.78, 5) is 22.8. The SMILES string of the molecule is CNc1ccc(C(=O)Nc2ccc3c(c2)OCO3)cc1[N+](=O)[O-]. The molecule has 0 spiro atoms. The zero-order chi connectivity index (χ0) is 16.4. The summed E-state index contributed by atoms with van der Waals surface area (Å²) in [6, 6.07) is 9.23. The van der Waals surface area contributed by atoms with Crippen LogP contribution in [0.15, 0.2) is 36.4 Å². The zero-order valence-electron chi connectivity index (χ0n) is 12.2. The number of nitro groups is 1. The summed E-state index contributed by atoms with van der Waals surface area (Å²) in [5, 5.41) is 16.4. The lowest BCUT2D eigenvalue weighted by atomic mass is 10.1. The van der Waals surface area contributed by atoms with Crippen molar-refractivity contribution in [1.82, 2.24) is 0 Å². The van der Waals surface area contributed by atoms with Gasteiger partial charge in [0.05, 0.1) is 4.92 Å². The molecule has 0 atom stereocenters. The van der Waals surface area contributed by atoms with E-state index in [1.807, 2.05) is 0 Å². The number of carbonyl (C=O) groups is 1. The van der Waals surface area contributed by atoms with Crippen molar-refractivity contribution < 1.29 is 19.2 Å². The topological polar surface area (TPSA) is 103 Å². The summed E-state index contributed by atoms with van der Waals surface area (Å²) in [6.45, 7) is 0.143. The van der Waals surface area contributed by atoms with Crippen LogP contribution in [0.3, 0.4) is 0 Å². The number of amides is 1. The second-order valence-electron chi connectivity index (χ2n) is 4.76. The second-order valence-corrected chi connectivity index (χ2v) is 4.76. The minimum absolute atomic E-state index is 0.143. The van der Waals surface area contributed by atoms with Crippen molar-refractivity contribution in [2.75, 3.05) is 24.5 Å². The Labute approximate surface area is 131 Å². The fourth-order valence-corrected chi connectivity index (χ4v) is 2.21. The normalized spacial score (nSPS) is 11.9. The Hall–Kier alpha value is -3.29. The predicted octanol–water partition coefficient (Wildman–Crippen LogP) is 2.62. The van der Waals surface area contributed by atoms with Crippen LogP contribution >= 0.6 is 0 Å². The summed E-state index contributed by atoms with van der Waals surface area (Å²) >= 11 is 0. The van der Waals surface area contributed by atoms with E-state index in [1.54, 1.807) is 25.2 Å². The Balaban J connectivity index is 1.83. The number of hydrogen-bond acceptors (Lipinski definition) is 6. The number of hydrogen-bond donors (Lipinski definition) is 2. The maximum Gasteiger partial charge on any atom is 0.293 e. The third-order valence-corrected chi connectivity index (χ3v) is 3.36. The van der Waals surface area contributed by atoms with E-state index < -0.39 is 10.8 Å². The standard InChI is InChI=1S/C15H13N3O5/c1-16-11-4-2-9(6-12(11)18(20)21)15(19)17-10-3-5-13-14(7-10)23-8-22-13/h2-7,16H,8H2,1H3,(H,17,19). The van der Waals surface area contributed by atoms with Gasteiger partial charge in [0.25, 0.3) is 11.6 Å². The molecule has 0 fully saturated rings. The van der Waals surface area contributed by atoms with Crippen molar-refractivity contribution in [1.29, 1.82) is 0 Å². The molecule has 0 saturated carbocycles.